The van der Waals surface area contributed by atoms with Crippen LogP contribution in [0.5, 0.6) is 5.88 Å². The Morgan fingerprint density at radius 2 is 1.74 bits per heavy atom. The molecule has 0 radical (unpaired) electrons. The van der Waals surface area contributed by atoms with Gasteiger partial charge in [-0.25, -0.2) is 23.2 Å². The predicted molar refractivity (Wildman–Crippen MR) is 130 cm³/mol. The summed E-state index contributed by atoms with van der Waals surface area (Å²) in [6.45, 7) is 5.84. The van der Waals surface area contributed by atoms with Gasteiger partial charge in [-0.1, -0.05) is 0 Å². The molecular formula is C23H36N6O5S. The number of rotatable bonds is 8. The fraction of sp³-hybridized carbons (Fsp3) is 0.783. The highest BCUT2D eigenvalue weighted by Gasteiger charge is 2.44. The smallest absolute Gasteiger partial charge is 0.410 e. The first-order chi connectivity index (χ1) is 16.6. The molecule has 0 bridgehead atoms. The van der Waals surface area contributed by atoms with Crippen molar-refractivity contribution in [1.29, 1.82) is 0 Å². The number of amides is 1. The Balaban J connectivity index is 1.03. The van der Waals surface area contributed by atoms with Crippen LogP contribution in [-0.4, -0.2) is 96.5 Å². The van der Waals surface area contributed by atoms with Crippen molar-refractivity contribution < 1.29 is 22.7 Å². The molecule has 0 spiro atoms. The molecule has 2 N–H and O–H groups in total. The van der Waals surface area contributed by atoms with Gasteiger partial charge in [-0.05, 0) is 51.4 Å². The van der Waals surface area contributed by atoms with Gasteiger partial charge in [-0.15, -0.1) is 0 Å². The van der Waals surface area contributed by atoms with E-state index >= 15 is 0 Å². The highest BCUT2D eigenvalue weighted by Crippen LogP contribution is 2.39. The maximum Gasteiger partial charge on any atom is 0.410 e. The lowest BCUT2D eigenvalue weighted by atomic mass is 9.98. The topological polar surface area (TPSA) is 131 Å². The number of carbonyl (C=O) groups is 1. The third-order valence-electron chi connectivity index (χ3n) is 7.56. The summed E-state index contributed by atoms with van der Waals surface area (Å²) in [4.78, 5) is 24.9. The molecule has 1 aromatic rings. The minimum Gasteiger partial charge on any atom is -0.476 e. The molecule has 1 aromatic heterocycles. The van der Waals surface area contributed by atoms with Crippen LogP contribution in [0, 0.1) is 5.92 Å². The number of piperazine rings is 1. The summed E-state index contributed by atoms with van der Waals surface area (Å²) in [5, 5.41) is 0. The summed E-state index contributed by atoms with van der Waals surface area (Å²) >= 11 is 0. The van der Waals surface area contributed by atoms with Crippen molar-refractivity contribution in [3.05, 3.63) is 12.4 Å². The second-order valence-electron chi connectivity index (χ2n) is 10.8. The van der Waals surface area contributed by atoms with Crippen LogP contribution in [0.1, 0.15) is 45.4 Å². The minimum absolute atomic E-state index is 0.0361. The van der Waals surface area contributed by atoms with Crippen LogP contribution in [0.2, 0.25) is 0 Å². The zero-order valence-electron chi connectivity index (χ0n) is 20.4. The maximum atomic E-state index is 12.6. The fourth-order valence-electron chi connectivity index (χ4n) is 4.54. The molecular weight excluding hydrogens is 472 g/mol. The van der Waals surface area contributed by atoms with Crippen molar-refractivity contribution in [1.82, 2.24) is 19.2 Å². The van der Waals surface area contributed by atoms with Crippen LogP contribution in [0.25, 0.3) is 0 Å². The Morgan fingerprint density at radius 1 is 1.06 bits per heavy atom. The first-order valence-corrected chi connectivity index (χ1v) is 14.2. The molecule has 4 aliphatic rings. The number of anilines is 1. The first kappa shape index (κ1) is 24.5. The molecule has 0 unspecified atom stereocenters. The number of nitrogens with two attached hydrogens (primary N) is 1. The summed E-state index contributed by atoms with van der Waals surface area (Å²) in [6.07, 6.45) is 8.31. The molecule has 5 rings (SSSR count). The van der Waals surface area contributed by atoms with Crippen LogP contribution in [0.3, 0.4) is 0 Å². The number of ether oxygens (including phenoxy) is 2. The van der Waals surface area contributed by atoms with Gasteiger partial charge < -0.3 is 25.0 Å². The molecule has 2 aliphatic heterocycles. The zero-order chi connectivity index (χ0) is 24.7. The number of piperidine rings is 1. The van der Waals surface area contributed by atoms with E-state index in [1.165, 1.54) is 0 Å². The summed E-state index contributed by atoms with van der Waals surface area (Å²) in [7, 11) is -3.33. The molecule has 194 valence electrons. The molecule has 0 atom stereocenters. The quantitative estimate of drug-likeness (QED) is 0.550. The van der Waals surface area contributed by atoms with Crippen LogP contribution < -0.4 is 15.4 Å². The number of aromatic nitrogens is 2. The molecule has 2 aliphatic carbocycles. The predicted octanol–water partition coefficient (Wildman–Crippen LogP) is 1.20. The monoisotopic (exact) mass is 508 g/mol. The normalized spacial score (nSPS) is 24.2. The molecule has 2 saturated heterocycles. The van der Waals surface area contributed by atoms with Crippen LogP contribution in [-0.2, 0) is 14.8 Å². The molecule has 1 amide bonds. The van der Waals surface area contributed by atoms with Gasteiger partial charge in [0.15, 0.2) is 0 Å². The average molecular weight is 509 g/mol. The summed E-state index contributed by atoms with van der Waals surface area (Å²) < 4.78 is 38.2. The lowest BCUT2D eigenvalue weighted by Gasteiger charge is -2.35. The SMILES string of the molecule is CC1(OC(=O)N2CCC(COc3cnc(N4CCN(S(=O)(=O)CC5(N)CC5)CC4)cn3)CC2)CC1. The standard InChI is InChI=1S/C23H36N6O5S/c1-22(4-5-22)34-21(30)28-8-2-18(3-9-28)16-33-20-15-25-19(14-26-20)27-10-12-29(13-11-27)35(31,32)17-23(24)6-7-23/h14-15,18H,2-13,16-17,24H2,1H3. The average Bonchev–Trinajstić information content (AvgIpc) is 3.76. The molecule has 3 heterocycles. The Morgan fingerprint density at radius 3 is 2.31 bits per heavy atom. The molecule has 0 aromatic carbocycles. The number of hydrogen-bond donors (Lipinski definition) is 1. The Labute approximate surface area is 207 Å². The van der Waals surface area contributed by atoms with Crippen molar-refractivity contribution in [3.63, 3.8) is 0 Å². The van der Waals surface area contributed by atoms with Gasteiger partial charge in [-0.3, -0.25) is 0 Å². The Kier molecular flexibility index (Phi) is 6.56. The van der Waals surface area contributed by atoms with E-state index in [1.54, 1.807) is 21.6 Å². The van der Waals surface area contributed by atoms with Crippen LogP contribution in [0.4, 0.5) is 10.6 Å². The van der Waals surface area contributed by atoms with Crippen LogP contribution >= 0.6 is 0 Å². The largest absolute Gasteiger partial charge is 0.476 e. The lowest BCUT2D eigenvalue weighted by molar-refractivity contribution is 0.0454. The summed E-state index contributed by atoms with van der Waals surface area (Å²) in [5.74, 6) is 1.57. The molecule has 35 heavy (non-hydrogen) atoms. The van der Waals surface area contributed by atoms with Crippen molar-refractivity contribution in [2.45, 2.75) is 56.6 Å². The van der Waals surface area contributed by atoms with E-state index in [9.17, 15) is 13.2 Å². The van der Waals surface area contributed by atoms with Gasteiger partial charge in [-0.2, -0.15) is 4.31 Å². The molecule has 4 fully saturated rings. The van der Waals surface area contributed by atoms with E-state index in [0.717, 1.165) is 38.5 Å². The van der Waals surface area contributed by atoms with Gasteiger partial charge in [0.05, 0.1) is 24.8 Å². The van der Waals surface area contributed by atoms with Crippen molar-refractivity contribution in [2.24, 2.45) is 11.7 Å². The van der Waals surface area contributed by atoms with Crippen molar-refractivity contribution in [3.8, 4) is 5.88 Å². The third-order valence-corrected chi connectivity index (χ3v) is 9.65. The first-order valence-electron chi connectivity index (χ1n) is 12.6. The fourth-order valence-corrected chi connectivity index (χ4v) is 6.46. The summed E-state index contributed by atoms with van der Waals surface area (Å²) in [6, 6.07) is 0. The van der Waals surface area contributed by atoms with Gasteiger partial charge >= 0.3 is 6.09 Å². The zero-order valence-corrected chi connectivity index (χ0v) is 21.2. The van der Waals surface area contributed by atoms with E-state index in [0.29, 0.717) is 63.5 Å². The van der Waals surface area contributed by atoms with Gasteiger partial charge in [0.2, 0.25) is 15.9 Å². The number of sulfonamides is 1. The number of carbonyl (C=O) groups excluding carboxylic acids is 1. The number of nitrogens with zero attached hydrogens (tertiary/aromatic N) is 5. The van der Waals surface area contributed by atoms with E-state index in [-0.39, 0.29) is 17.4 Å². The number of likely N-dealkylation sites (tertiary alicyclic amines) is 1. The van der Waals surface area contributed by atoms with Gasteiger partial charge in [0.25, 0.3) is 0 Å². The second-order valence-corrected chi connectivity index (χ2v) is 12.7. The highest BCUT2D eigenvalue weighted by atomic mass is 32.2. The molecule has 12 heteroatoms. The Hall–Kier alpha value is -2.18. The highest BCUT2D eigenvalue weighted by molar-refractivity contribution is 7.89. The van der Waals surface area contributed by atoms with Crippen molar-refractivity contribution in [2.75, 3.05) is 56.5 Å². The maximum absolute atomic E-state index is 12.6. The number of hydrogen-bond acceptors (Lipinski definition) is 9. The second kappa shape index (κ2) is 9.36. The van der Waals surface area contributed by atoms with E-state index in [4.69, 9.17) is 15.2 Å². The van der Waals surface area contributed by atoms with Crippen LogP contribution in [0.15, 0.2) is 12.4 Å². The van der Waals surface area contributed by atoms with Crippen molar-refractivity contribution >= 4 is 21.9 Å². The molecule has 2 saturated carbocycles. The third kappa shape index (κ3) is 6.15. The van der Waals surface area contributed by atoms with E-state index in [1.807, 2.05) is 11.8 Å². The van der Waals surface area contributed by atoms with E-state index in [2.05, 4.69) is 9.97 Å². The lowest BCUT2D eigenvalue weighted by Crippen LogP contribution is -2.51. The van der Waals surface area contributed by atoms with E-state index < -0.39 is 15.6 Å². The minimum atomic E-state index is -3.33. The summed E-state index contributed by atoms with van der Waals surface area (Å²) in [5.41, 5.74) is 5.26. The molecule has 11 nitrogen and oxygen atoms in total. The Bertz CT molecular complexity index is 1010. The van der Waals surface area contributed by atoms with Gasteiger partial charge in [0.1, 0.15) is 11.4 Å². The van der Waals surface area contributed by atoms with Gasteiger partial charge in [0, 0.05) is 44.8 Å².